The summed E-state index contributed by atoms with van der Waals surface area (Å²) in [5, 5.41) is 0. The van der Waals surface area contributed by atoms with Gasteiger partial charge in [0.15, 0.2) is 0 Å². The Balaban J connectivity index is 3.65. The average Bonchev–Trinajstić information content (AvgIpc) is 1.80. The molecule has 0 bridgehead atoms. The molecular formula is C6H7Cl3O3. The predicted octanol–water partition coefficient (Wildman–Crippen LogP) is 1.88. The number of ether oxygens (including phenoxy) is 1. The lowest BCUT2D eigenvalue weighted by molar-refractivity contribution is -0.145. The Morgan fingerprint density at radius 2 is 1.83 bits per heavy atom. The van der Waals surface area contributed by atoms with Gasteiger partial charge in [-0.15, -0.1) is 0 Å². The standard InChI is InChI=1S/C6H7Cl3O3/c1-4(10)2-5(11)12-3-6(7,8)9/h2-3H2,1H3. The van der Waals surface area contributed by atoms with Crippen molar-refractivity contribution in [1.29, 1.82) is 0 Å². The predicted molar refractivity (Wildman–Crippen MR) is 46.5 cm³/mol. The van der Waals surface area contributed by atoms with E-state index in [0.29, 0.717) is 0 Å². The lowest BCUT2D eigenvalue weighted by Crippen LogP contribution is -2.18. The molecule has 0 spiro atoms. The van der Waals surface area contributed by atoms with Gasteiger partial charge in [0, 0.05) is 0 Å². The van der Waals surface area contributed by atoms with Crippen LogP contribution in [0.2, 0.25) is 0 Å². The van der Waals surface area contributed by atoms with Gasteiger partial charge in [-0.1, -0.05) is 34.8 Å². The van der Waals surface area contributed by atoms with Gasteiger partial charge < -0.3 is 4.74 Å². The van der Waals surface area contributed by atoms with E-state index in [1.54, 1.807) is 0 Å². The monoisotopic (exact) mass is 232 g/mol. The van der Waals surface area contributed by atoms with Crippen LogP contribution in [0.5, 0.6) is 0 Å². The van der Waals surface area contributed by atoms with Crippen molar-refractivity contribution in [3.63, 3.8) is 0 Å². The Kier molecular flexibility index (Phi) is 4.90. The zero-order valence-electron chi connectivity index (χ0n) is 6.27. The van der Waals surface area contributed by atoms with Gasteiger partial charge in [0.1, 0.15) is 18.8 Å². The molecule has 0 saturated carbocycles. The van der Waals surface area contributed by atoms with E-state index in [2.05, 4.69) is 4.74 Å². The van der Waals surface area contributed by atoms with Crippen molar-refractivity contribution in [1.82, 2.24) is 0 Å². The van der Waals surface area contributed by atoms with Crippen LogP contribution in [0.25, 0.3) is 0 Å². The lowest BCUT2D eigenvalue weighted by Gasteiger charge is -2.10. The summed E-state index contributed by atoms with van der Waals surface area (Å²) in [7, 11) is 0. The van der Waals surface area contributed by atoms with Crippen LogP contribution in [-0.2, 0) is 14.3 Å². The normalized spacial score (nSPS) is 11.0. The van der Waals surface area contributed by atoms with E-state index >= 15 is 0 Å². The Labute approximate surface area is 84.9 Å². The number of esters is 1. The first-order valence-electron chi connectivity index (χ1n) is 3.03. The van der Waals surface area contributed by atoms with Crippen LogP contribution in [0.4, 0.5) is 0 Å². The largest absolute Gasteiger partial charge is 0.461 e. The highest BCUT2D eigenvalue weighted by Gasteiger charge is 2.22. The van der Waals surface area contributed by atoms with Crippen LogP contribution >= 0.6 is 34.8 Å². The molecule has 0 radical (unpaired) electrons. The summed E-state index contributed by atoms with van der Waals surface area (Å²) >= 11 is 15.8. The Morgan fingerprint density at radius 1 is 1.33 bits per heavy atom. The van der Waals surface area contributed by atoms with E-state index in [1.807, 2.05) is 0 Å². The third-order valence-electron chi connectivity index (χ3n) is 0.790. The highest BCUT2D eigenvalue weighted by atomic mass is 35.6. The highest BCUT2D eigenvalue weighted by molar-refractivity contribution is 6.67. The van der Waals surface area contributed by atoms with Crippen LogP contribution in [-0.4, -0.2) is 22.2 Å². The zero-order valence-corrected chi connectivity index (χ0v) is 8.54. The SMILES string of the molecule is CC(=O)CC(=O)OCC(Cl)(Cl)Cl. The molecule has 3 nitrogen and oxygen atoms in total. The summed E-state index contributed by atoms with van der Waals surface area (Å²) < 4.78 is 2.84. The van der Waals surface area contributed by atoms with Gasteiger partial charge in [-0.25, -0.2) is 0 Å². The average molecular weight is 233 g/mol. The van der Waals surface area contributed by atoms with Crippen molar-refractivity contribution in [2.24, 2.45) is 0 Å². The van der Waals surface area contributed by atoms with Gasteiger partial charge in [0.2, 0.25) is 3.79 Å². The van der Waals surface area contributed by atoms with Crippen LogP contribution in [0.1, 0.15) is 13.3 Å². The van der Waals surface area contributed by atoms with E-state index in [9.17, 15) is 9.59 Å². The molecule has 0 aliphatic heterocycles. The minimum absolute atomic E-state index is 0.288. The van der Waals surface area contributed by atoms with Crippen molar-refractivity contribution < 1.29 is 14.3 Å². The molecule has 0 heterocycles. The molecule has 0 amide bonds. The van der Waals surface area contributed by atoms with Gasteiger partial charge in [0.25, 0.3) is 0 Å². The molecule has 0 fully saturated rings. The molecule has 0 aliphatic rings. The molecular weight excluding hydrogens is 226 g/mol. The van der Waals surface area contributed by atoms with Gasteiger partial charge >= 0.3 is 5.97 Å². The van der Waals surface area contributed by atoms with E-state index < -0.39 is 9.76 Å². The third kappa shape index (κ3) is 8.11. The first-order valence-corrected chi connectivity index (χ1v) is 4.16. The van der Waals surface area contributed by atoms with Gasteiger partial charge in [-0.2, -0.15) is 0 Å². The van der Waals surface area contributed by atoms with E-state index in [0.717, 1.165) is 0 Å². The van der Waals surface area contributed by atoms with Crippen molar-refractivity contribution >= 4 is 46.6 Å². The number of hydrogen-bond acceptors (Lipinski definition) is 3. The number of ketones is 1. The molecule has 0 atom stereocenters. The van der Waals surface area contributed by atoms with E-state index in [1.165, 1.54) is 6.92 Å². The molecule has 0 rings (SSSR count). The first kappa shape index (κ1) is 12.0. The second-order valence-electron chi connectivity index (χ2n) is 2.15. The van der Waals surface area contributed by atoms with Crippen molar-refractivity contribution in [2.75, 3.05) is 6.61 Å². The number of rotatable bonds is 3. The van der Waals surface area contributed by atoms with Crippen LogP contribution in [0.3, 0.4) is 0 Å². The summed E-state index contributed by atoms with van der Waals surface area (Å²) in [6.07, 6.45) is -0.291. The van der Waals surface area contributed by atoms with Crippen molar-refractivity contribution in [2.45, 2.75) is 17.1 Å². The quantitative estimate of drug-likeness (QED) is 0.425. The molecule has 0 N–H and O–H groups in total. The number of alkyl halides is 3. The molecule has 0 aliphatic carbocycles. The smallest absolute Gasteiger partial charge is 0.313 e. The number of hydrogen-bond donors (Lipinski definition) is 0. The topological polar surface area (TPSA) is 43.4 Å². The molecule has 12 heavy (non-hydrogen) atoms. The van der Waals surface area contributed by atoms with Crippen LogP contribution in [0, 0.1) is 0 Å². The van der Waals surface area contributed by atoms with E-state index in [-0.39, 0.29) is 18.8 Å². The minimum atomic E-state index is -1.62. The fourth-order valence-electron chi connectivity index (χ4n) is 0.417. The summed E-state index contributed by atoms with van der Waals surface area (Å²) in [5.74, 6) is -0.974. The maximum Gasteiger partial charge on any atom is 0.313 e. The zero-order chi connectivity index (χ0) is 9.78. The summed E-state index contributed by atoms with van der Waals surface area (Å²) in [4.78, 5) is 21.1. The molecule has 0 saturated heterocycles. The molecule has 0 unspecified atom stereocenters. The Morgan fingerprint density at radius 3 is 2.17 bits per heavy atom. The lowest BCUT2D eigenvalue weighted by atomic mass is 10.3. The summed E-state index contributed by atoms with van der Waals surface area (Å²) in [5.41, 5.74) is 0. The third-order valence-corrected chi connectivity index (χ3v) is 1.12. The maximum absolute atomic E-state index is 10.7. The van der Waals surface area contributed by atoms with Gasteiger partial charge in [-0.05, 0) is 6.92 Å². The van der Waals surface area contributed by atoms with Crippen LogP contribution in [0.15, 0.2) is 0 Å². The summed E-state index contributed by atoms with van der Waals surface area (Å²) in [6.45, 7) is 0.931. The number of carbonyl (C=O) groups is 2. The minimum Gasteiger partial charge on any atom is -0.461 e. The Hall–Kier alpha value is 0.01000. The van der Waals surface area contributed by atoms with Crippen LogP contribution < -0.4 is 0 Å². The maximum atomic E-state index is 10.7. The second-order valence-corrected chi connectivity index (χ2v) is 4.67. The van der Waals surface area contributed by atoms with Crippen molar-refractivity contribution in [3.05, 3.63) is 0 Å². The van der Waals surface area contributed by atoms with E-state index in [4.69, 9.17) is 34.8 Å². The number of carbonyl (C=O) groups excluding carboxylic acids is 2. The fraction of sp³-hybridized carbons (Fsp3) is 0.667. The molecule has 6 heteroatoms. The molecule has 70 valence electrons. The molecule has 0 aromatic rings. The Bertz CT molecular complexity index is 185. The van der Waals surface area contributed by atoms with Crippen molar-refractivity contribution in [3.8, 4) is 0 Å². The summed E-state index contributed by atoms with van der Waals surface area (Å²) in [6, 6.07) is 0. The van der Waals surface area contributed by atoms with Gasteiger partial charge in [0.05, 0.1) is 0 Å². The number of halogens is 3. The van der Waals surface area contributed by atoms with Gasteiger partial charge in [-0.3, -0.25) is 9.59 Å². The highest BCUT2D eigenvalue weighted by Crippen LogP contribution is 2.25. The fourth-order valence-corrected chi connectivity index (χ4v) is 0.580. The number of Topliss-reactive ketones (excluding diaryl/α,β-unsaturated/α-hetero) is 1. The second kappa shape index (κ2) is 4.90. The molecule has 0 aromatic heterocycles. The molecule has 0 aromatic carbocycles. The first-order chi connectivity index (χ1) is 5.31.